The Hall–Kier alpha value is -2.05. The van der Waals surface area contributed by atoms with Crippen molar-refractivity contribution in [1.82, 2.24) is 4.72 Å². The van der Waals surface area contributed by atoms with Crippen LogP contribution in [0.25, 0.3) is 0 Å². The third-order valence-corrected chi connectivity index (χ3v) is 5.97. The van der Waals surface area contributed by atoms with Gasteiger partial charge in [0, 0.05) is 0 Å². The molecule has 2 aromatic rings. The number of hydrogen-bond donors (Lipinski definition) is 1. The van der Waals surface area contributed by atoms with E-state index in [0.29, 0.717) is 24.7 Å². The maximum Gasteiger partial charge on any atom is 0.241 e. The Labute approximate surface area is 149 Å². The topological polar surface area (TPSA) is 64.6 Å². The highest BCUT2D eigenvalue weighted by atomic mass is 32.2. The summed E-state index contributed by atoms with van der Waals surface area (Å²) in [5, 5.41) is 0. The smallest absolute Gasteiger partial charge is 0.241 e. The molecule has 1 aliphatic rings. The number of aryl methyl sites for hydroxylation is 1. The summed E-state index contributed by atoms with van der Waals surface area (Å²) in [5.41, 5.74) is 1.12. The zero-order valence-electron chi connectivity index (χ0n) is 14.7. The molecule has 0 fully saturated rings. The van der Waals surface area contributed by atoms with Crippen molar-refractivity contribution in [3.63, 3.8) is 0 Å². The molecule has 5 nitrogen and oxygen atoms in total. The van der Waals surface area contributed by atoms with Crippen LogP contribution in [0.1, 0.15) is 31.9 Å². The predicted molar refractivity (Wildman–Crippen MR) is 96.6 cm³/mol. The molecule has 1 aliphatic heterocycles. The molecule has 0 spiro atoms. The standard InChI is InChI=1S/C19H23NO4S/c1-4-14-5-8-16(9-6-14)25(21,22)20-19(2,3)15-7-10-17-18(13-15)24-12-11-23-17/h5-10,13,20H,4,11-12H2,1-3H3. The van der Waals surface area contributed by atoms with Crippen LogP contribution in [0, 0.1) is 0 Å². The van der Waals surface area contributed by atoms with Gasteiger partial charge < -0.3 is 9.47 Å². The molecule has 1 N–H and O–H groups in total. The van der Waals surface area contributed by atoms with Gasteiger partial charge >= 0.3 is 0 Å². The van der Waals surface area contributed by atoms with Gasteiger partial charge in [-0.3, -0.25) is 0 Å². The number of benzene rings is 2. The second-order valence-corrected chi connectivity index (χ2v) is 8.27. The number of hydrogen-bond acceptors (Lipinski definition) is 4. The van der Waals surface area contributed by atoms with Crippen molar-refractivity contribution in [3.05, 3.63) is 53.6 Å². The normalized spacial score (nSPS) is 14.4. The number of fused-ring (bicyclic) bond motifs is 1. The second-order valence-electron chi connectivity index (χ2n) is 6.59. The van der Waals surface area contributed by atoms with Crippen molar-refractivity contribution < 1.29 is 17.9 Å². The van der Waals surface area contributed by atoms with Gasteiger partial charge in [0.2, 0.25) is 10.0 Å². The van der Waals surface area contributed by atoms with Crippen LogP contribution in [0.3, 0.4) is 0 Å². The number of sulfonamides is 1. The van der Waals surface area contributed by atoms with Gasteiger partial charge in [0.15, 0.2) is 11.5 Å². The zero-order valence-corrected chi connectivity index (χ0v) is 15.5. The van der Waals surface area contributed by atoms with Crippen LogP contribution in [0.15, 0.2) is 47.4 Å². The van der Waals surface area contributed by atoms with E-state index < -0.39 is 15.6 Å². The summed E-state index contributed by atoms with van der Waals surface area (Å²) in [5.74, 6) is 1.33. The van der Waals surface area contributed by atoms with Gasteiger partial charge in [-0.25, -0.2) is 13.1 Å². The van der Waals surface area contributed by atoms with E-state index in [4.69, 9.17) is 9.47 Å². The minimum atomic E-state index is -3.63. The molecule has 0 aromatic heterocycles. The molecule has 0 amide bonds. The summed E-state index contributed by atoms with van der Waals surface area (Å²) in [6.07, 6.45) is 0.871. The molecular formula is C19H23NO4S. The summed E-state index contributed by atoms with van der Waals surface area (Å²) >= 11 is 0. The van der Waals surface area contributed by atoms with E-state index in [1.54, 1.807) is 12.1 Å². The first kappa shape index (κ1) is 17.8. The Morgan fingerprint density at radius 1 is 1.00 bits per heavy atom. The Balaban J connectivity index is 1.86. The lowest BCUT2D eigenvalue weighted by molar-refractivity contribution is 0.171. The Morgan fingerprint density at radius 2 is 1.64 bits per heavy atom. The van der Waals surface area contributed by atoms with Crippen molar-refractivity contribution in [3.8, 4) is 11.5 Å². The zero-order chi connectivity index (χ0) is 18.1. The van der Waals surface area contributed by atoms with Crippen molar-refractivity contribution in [2.24, 2.45) is 0 Å². The molecule has 0 unspecified atom stereocenters. The van der Waals surface area contributed by atoms with Crippen LogP contribution < -0.4 is 14.2 Å². The SMILES string of the molecule is CCc1ccc(S(=O)(=O)NC(C)(C)c2ccc3c(c2)OCCO3)cc1. The van der Waals surface area contributed by atoms with Crippen LogP contribution in [-0.4, -0.2) is 21.6 Å². The van der Waals surface area contributed by atoms with Crippen molar-refractivity contribution in [2.75, 3.05) is 13.2 Å². The molecule has 0 saturated heterocycles. The van der Waals surface area contributed by atoms with Crippen molar-refractivity contribution in [1.29, 1.82) is 0 Å². The largest absolute Gasteiger partial charge is 0.486 e. The number of nitrogens with one attached hydrogen (secondary N) is 1. The minimum absolute atomic E-state index is 0.260. The molecule has 6 heteroatoms. The fourth-order valence-corrected chi connectivity index (χ4v) is 4.19. The maximum atomic E-state index is 12.7. The fraction of sp³-hybridized carbons (Fsp3) is 0.368. The van der Waals surface area contributed by atoms with Gasteiger partial charge in [-0.1, -0.05) is 25.1 Å². The molecule has 0 bridgehead atoms. The van der Waals surface area contributed by atoms with Crippen LogP contribution in [-0.2, 0) is 22.0 Å². The molecule has 3 rings (SSSR count). The lowest BCUT2D eigenvalue weighted by Crippen LogP contribution is -2.41. The number of ether oxygens (including phenoxy) is 2. The molecule has 2 aromatic carbocycles. The minimum Gasteiger partial charge on any atom is -0.486 e. The highest BCUT2D eigenvalue weighted by Gasteiger charge is 2.29. The van der Waals surface area contributed by atoms with Gasteiger partial charge in [-0.05, 0) is 55.7 Å². The third-order valence-electron chi connectivity index (χ3n) is 4.30. The molecule has 25 heavy (non-hydrogen) atoms. The average Bonchev–Trinajstić information content (AvgIpc) is 2.60. The van der Waals surface area contributed by atoms with Crippen LogP contribution in [0.2, 0.25) is 0 Å². The van der Waals surface area contributed by atoms with E-state index >= 15 is 0 Å². The van der Waals surface area contributed by atoms with Gasteiger partial charge in [-0.2, -0.15) is 0 Å². The van der Waals surface area contributed by atoms with E-state index in [2.05, 4.69) is 4.72 Å². The predicted octanol–water partition coefficient (Wildman–Crippen LogP) is 3.23. The summed E-state index contributed by atoms with van der Waals surface area (Å²) in [6.45, 7) is 6.71. The first-order chi connectivity index (χ1) is 11.8. The third kappa shape index (κ3) is 3.80. The van der Waals surface area contributed by atoms with E-state index in [-0.39, 0.29) is 4.90 Å². The van der Waals surface area contributed by atoms with E-state index in [0.717, 1.165) is 17.5 Å². The molecule has 0 aliphatic carbocycles. The van der Waals surface area contributed by atoms with Gasteiger partial charge in [0.1, 0.15) is 13.2 Å². The summed E-state index contributed by atoms with van der Waals surface area (Å²) in [6, 6.07) is 12.5. The van der Waals surface area contributed by atoms with E-state index in [1.165, 1.54) is 0 Å². The lowest BCUT2D eigenvalue weighted by atomic mass is 9.95. The Kier molecular flexibility index (Phi) is 4.75. The van der Waals surface area contributed by atoms with Gasteiger partial charge in [0.25, 0.3) is 0 Å². The monoisotopic (exact) mass is 361 g/mol. The Bertz CT molecular complexity index is 857. The number of rotatable bonds is 5. The van der Waals surface area contributed by atoms with Crippen LogP contribution in [0.5, 0.6) is 11.5 Å². The van der Waals surface area contributed by atoms with Gasteiger partial charge in [-0.15, -0.1) is 0 Å². The van der Waals surface area contributed by atoms with Crippen LogP contribution in [0.4, 0.5) is 0 Å². The van der Waals surface area contributed by atoms with E-state index in [1.807, 2.05) is 51.1 Å². The summed E-state index contributed by atoms with van der Waals surface area (Å²) in [7, 11) is -3.63. The van der Waals surface area contributed by atoms with Crippen LogP contribution >= 0.6 is 0 Å². The van der Waals surface area contributed by atoms with Crippen molar-refractivity contribution >= 4 is 10.0 Å². The molecule has 0 atom stereocenters. The fourth-order valence-electron chi connectivity index (χ4n) is 2.79. The average molecular weight is 361 g/mol. The molecule has 0 saturated carbocycles. The highest BCUT2D eigenvalue weighted by molar-refractivity contribution is 7.89. The molecule has 0 radical (unpaired) electrons. The highest BCUT2D eigenvalue weighted by Crippen LogP contribution is 2.34. The molecular weight excluding hydrogens is 338 g/mol. The Morgan fingerprint density at radius 3 is 2.28 bits per heavy atom. The van der Waals surface area contributed by atoms with Gasteiger partial charge in [0.05, 0.1) is 10.4 Å². The quantitative estimate of drug-likeness (QED) is 0.888. The second kappa shape index (κ2) is 6.69. The first-order valence-corrected chi connectivity index (χ1v) is 9.83. The van der Waals surface area contributed by atoms with Crippen molar-refractivity contribution in [2.45, 2.75) is 37.6 Å². The maximum absolute atomic E-state index is 12.7. The van der Waals surface area contributed by atoms with E-state index in [9.17, 15) is 8.42 Å². The lowest BCUT2D eigenvalue weighted by Gasteiger charge is -2.28. The first-order valence-electron chi connectivity index (χ1n) is 8.35. The summed E-state index contributed by atoms with van der Waals surface area (Å²) in [4.78, 5) is 0.260. The molecule has 1 heterocycles. The molecule has 134 valence electrons. The summed E-state index contributed by atoms with van der Waals surface area (Å²) < 4.78 is 39.4.